The molecule has 0 radical (unpaired) electrons. The van der Waals surface area contributed by atoms with Crippen LogP contribution in [0.25, 0.3) is 0 Å². The Morgan fingerprint density at radius 1 is 1.14 bits per heavy atom. The van der Waals surface area contributed by atoms with Gasteiger partial charge in [0, 0.05) is 57.1 Å². The van der Waals surface area contributed by atoms with Crippen LogP contribution in [0.1, 0.15) is 37.7 Å². The third-order valence-electron chi connectivity index (χ3n) is 5.70. The number of anilines is 2. The number of hydrogen-bond acceptors (Lipinski definition) is 7. The first-order valence-electron chi connectivity index (χ1n) is 10.5. The summed E-state index contributed by atoms with van der Waals surface area (Å²) in [4.78, 5) is 24.5. The Morgan fingerprint density at radius 3 is 2.76 bits per heavy atom. The molecule has 8 nitrogen and oxygen atoms in total. The molecule has 0 amide bonds. The van der Waals surface area contributed by atoms with Crippen LogP contribution in [0, 0.1) is 10.1 Å². The predicted octanol–water partition coefficient (Wildman–Crippen LogP) is 3.45. The van der Waals surface area contributed by atoms with Crippen LogP contribution < -0.4 is 10.2 Å². The Labute approximate surface area is 171 Å². The van der Waals surface area contributed by atoms with Gasteiger partial charge in [-0.25, -0.2) is 4.98 Å². The quantitative estimate of drug-likeness (QED) is 0.591. The zero-order valence-electron chi connectivity index (χ0n) is 16.7. The van der Waals surface area contributed by atoms with Crippen molar-refractivity contribution in [3.8, 4) is 0 Å². The molecule has 154 valence electrons. The molecule has 0 saturated carbocycles. The normalized spacial score (nSPS) is 20.4. The van der Waals surface area contributed by atoms with E-state index in [4.69, 9.17) is 4.98 Å². The molecule has 2 aromatic rings. The molecule has 4 rings (SSSR count). The molecular weight excluding hydrogens is 368 g/mol. The fourth-order valence-electron chi connectivity index (χ4n) is 4.20. The lowest BCUT2D eigenvalue weighted by atomic mass is 10.2. The first-order chi connectivity index (χ1) is 14.2. The molecule has 0 bridgehead atoms. The van der Waals surface area contributed by atoms with Gasteiger partial charge in [-0.15, -0.1) is 0 Å². The minimum absolute atomic E-state index is 0.148. The number of benzene rings is 1. The Morgan fingerprint density at radius 2 is 1.97 bits per heavy atom. The molecule has 0 spiro atoms. The molecule has 0 aliphatic carbocycles. The van der Waals surface area contributed by atoms with E-state index >= 15 is 0 Å². The number of nitrogens with zero attached hydrogens (tertiary/aromatic N) is 5. The maximum atomic E-state index is 11.0. The van der Waals surface area contributed by atoms with Crippen LogP contribution in [0.15, 0.2) is 36.5 Å². The van der Waals surface area contributed by atoms with Gasteiger partial charge in [0.25, 0.3) is 5.69 Å². The molecule has 2 saturated heterocycles. The van der Waals surface area contributed by atoms with Gasteiger partial charge in [0.05, 0.1) is 4.92 Å². The number of aromatic nitrogens is 2. The van der Waals surface area contributed by atoms with Crippen molar-refractivity contribution in [2.75, 3.05) is 36.4 Å². The summed E-state index contributed by atoms with van der Waals surface area (Å²) >= 11 is 0. The number of nitrogens with one attached hydrogen (secondary N) is 1. The molecule has 2 fully saturated rings. The van der Waals surface area contributed by atoms with Crippen molar-refractivity contribution in [1.82, 2.24) is 14.9 Å². The Kier molecular flexibility index (Phi) is 6.19. The molecular formula is C21H28N6O2. The fraction of sp³-hybridized carbons (Fsp3) is 0.524. The van der Waals surface area contributed by atoms with Crippen LogP contribution in [0.3, 0.4) is 0 Å². The Bertz CT molecular complexity index is 837. The highest BCUT2D eigenvalue weighted by atomic mass is 16.6. The second kappa shape index (κ2) is 9.17. The van der Waals surface area contributed by atoms with Crippen molar-refractivity contribution < 1.29 is 4.92 Å². The lowest BCUT2D eigenvalue weighted by Crippen LogP contribution is -2.28. The molecule has 1 aromatic heterocycles. The molecule has 29 heavy (non-hydrogen) atoms. The molecule has 2 aliphatic heterocycles. The fourth-order valence-corrected chi connectivity index (χ4v) is 4.20. The number of likely N-dealkylation sites (tertiary alicyclic amines) is 1. The van der Waals surface area contributed by atoms with Gasteiger partial charge < -0.3 is 10.2 Å². The van der Waals surface area contributed by atoms with Crippen LogP contribution in [-0.4, -0.2) is 52.0 Å². The first kappa shape index (κ1) is 19.6. The number of hydrogen-bond donors (Lipinski definition) is 1. The molecule has 1 aromatic carbocycles. The number of nitro benzene ring substituents is 1. The lowest BCUT2D eigenvalue weighted by molar-refractivity contribution is -0.384. The molecule has 3 heterocycles. The van der Waals surface area contributed by atoms with E-state index in [2.05, 4.69) is 20.1 Å². The SMILES string of the molecule is O=[N+]([O-])c1cccc(CN2CCC(Nc3nccc(N4CCCCCC4)n3)C2)c1. The third-order valence-corrected chi connectivity index (χ3v) is 5.70. The van der Waals surface area contributed by atoms with E-state index in [-0.39, 0.29) is 16.7 Å². The maximum absolute atomic E-state index is 11.0. The van der Waals surface area contributed by atoms with Crippen LogP contribution in [0.2, 0.25) is 0 Å². The largest absolute Gasteiger partial charge is 0.356 e. The monoisotopic (exact) mass is 396 g/mol. The van der Waals surface area contributed by atoms with Gasteiger partial charge in [0.15, 0.2) is 0 Å². The number of non-ortho nitro benzene ring substituents is 1. The van der Waals surface area contributed by atoms with Crippen molar-refractivity contribution in [2.45, 2.75) is 44.7 Å². The smallest absolute Gasteiger partial charge is 0.269 e. The van der Waals surface area contributed by atoms with E-state index in [9.17, 15) is 10.1 Å². The van der Waals surface area contributed by atoms with E-state index in [1.165, 1.54) is 31.7 Å². The van der Waals surface area contributed by atoms with Gasteiger partial charge in [-0.1, -0.05) is 25.0 Å². The molecule has 2 aliphatic rings. The zero-order chi connectivity index (χ0) is 20.1. The summed E-state index contributed by atoms with van der Waals surface area (Å²) in [6.07, 6.45) is 7.89. The predicted molar refractivity (Wildman–Crippen MR) is 113 cm³/mol. The second-order valence-electron chi connectivity index (χ2n) is 7.93. The number of nitro groups is 1. The summed E-state index contributed by atoms with van der Waals surface area (Å²) in [6, 6.07) is 9.18. The van der Waals surface area contributed by atoms with E-state index in [0.29, 0.717) is 12.5 Å². The lowest BCUT2D eigenvalue weighted by Gasteiger charge is -2.22. The highest BCUT2D eigenvalue weighted by Crippen LogP contribution is 2.21. The summed E-state index contributed by atoms with van der Waals surface area (Å²) in [5.74, 6) is 1.70. The van der Waals surface area contributed by atoms with E-state index in [1.807, 2.05) is 18.3 Å². The third kappa shape index (κ3) is 5.20. The summed E-state index contributed by atoms with van der Waals surface area (Å²) < 4.78 is 0. The van der Waals surface area contributed by atoms with Crippen LogP contribution >= 0.6 is 0 Å². The van der Waals surface area contributed by atoms with Gasteiger partial charge in [-0.2, -0.15) is 4.98 Å². The van der Waals surface area contributed by atoms with E-state index in [0.717, 1.165) is 44.0 Å². The van der Waals surface area contributed by atoms with Crippen molar-refractivity contribution in [2.24, 2.45) is 0 Å². The summed E-state index contributed by atoms with van der Waals surface area (Å²) in [6.45, 7) is 4.68. The van der Waals surface area contributed by atoms with E-state index in [1.54, 1.807) is 12.1 Å². The highest BCUT2D eigenvalue weighted by molar-refractivity contribution is 5.43. The van der Waals surface area contributed by atoms with Gasteiger partial charge in [0.2, 0.25) is 5.95 Å². The second-order valence-corrected chi connectivity index (χ2v) is 7.93. The summed E-state index contributed by atoms with van der Waals surface area (Å²) in [7, 11) is 0. The Hall–Kier alpha value is -2.74. The van der Waals surface area contributed by atoms with Gasteiger partial charge >= 0.3 is 0 Å². The minimum Gasteiger partial charge on any atom is -0.356 e. The van der Waals surface area contributed by atoms with Crippen molar-refractivity contribution in [1.29, 1.82) is 0 Å². The van der Waals surface area contributed by atoms with Crippen molar-refractivity contribution >= 4 is 17.5 Å². The molecule has 1 unspecified atom stereocenters. The molecule has 8 heteroatoms. The van der Waals surface area contributed by atoms with Crippen LogP contribution in [0.4, 0.5) is 17.5 Å². The average molecular weight is 396 g/mol. The van der Waals surface area contributed by atoms with Gasteiger partial charge in [-0.05, 0) is 30.9 Å². The summed E-state index contributed by atoms with van der Waals surface area (Å²) in [5, 5.41) is 14.5. The molecule has 1 atom stereocenters. The topological polar surface area (TPSA) is 87.4 Å². The van der Waals surface area contributed by atoms with Crippen LogP contribution in [0.5, 0.6) is 0 Å². The van der Waals surface area contributed by atoms with Gasteiger partial charge in [0.1, 0.15) is 5.82 Å². The molecule has 1 N–H and O–H groups in total. The maximum Gasteiger partial charge on any atom is 0.269 e. The average Bonchev–Trinajstić information content (AvgIpc) is 2.99. The van der Waals surface area contributed by atoms with Crippen LogP contribution in [-0.2, 0) is 6.54 Å². The number of rotatable bonds is 6. The minimum atomic E-state index is -0.341. The zero-order valence-corrected chi connectivity index (χ0v) is 16.7. The highest BCUT2D eigenvalue weighted by Gasteiger charge is 2.24. The van der Waals surface area contributed by atoms with E-state index < -0.39 is 0 Å². The Balaban J connectivity index is 1.33. The van der Waals surface area contributed by atoms with Crippen molar-refractivity contribution in [3.05, 3.63) is 52.2 Å². The summed E-state index contributed by atoms with van der Waals surface area (Å²) in [5.41, 5.74) is 1.12. The standard InChI is InChI=1S/C21H28N6O2/c28-27(29)19-7-5-6-17(14-19)15-25-13-9-18(16-25)23-21-22-10-8-20(24-21)26-11-3-1-2-4-12-26/h5-8,10,14,18H,1-4,9,11-13,15-16H2,(H,22,23,24). The first-order valence-corrected chi connectivity index (χ1v) is 10.5. The van der Waals surface area contributed by atoms with Crippen molar-refractivity contribution in [3.63, 3.8) is 0 Å². The van der Waals surface area contributed by atoms with Gasteiger partial charge in [-0.3, -0.25) is 15.0 Å².